The maximum Gasteiger partial charge on any atom is 0.335 e. The lowest BCUT2D eigenvalue weighted by Gasteiger charge is -2.33. The summed E-state index contributed by atoms with van der Waals surface area (Å²) in [5.41, 5.74) is 1.35. The minimum absolute atomic E-state index is 0.0629. The largest absolute Gasteiger partial charge is 0.427 e. The summed E-state index contributed by atoms with van der Waals surface area (Å²) in [7, 11) is 0. The van der Waals surface area contributed by atoms with Crippen molar-refractivity contribution in [2.75, 3.05) is 0 Å². The van der Waals surface area contributed by atoms with Gasteiger partial charge in [-0.1, -0.05) is 20.8 Å². The summed E-state index contributed by atoms with van der Waals surface area (Å²) in [6, 6.07) is 3.52. The molecule has 2 heteroatoms. The monoisotopic (exact) mass is 204 g/mol. The molecule has 0 unspecified atom stereocenters. The van der Waals surface area contributed by atoms with Gasteiger partial charge in [0.05, 0.1) is 0 Å². The van der Waals surface area contributed by atoms with Crippen molar-refractivity contribution in [2.45, 2.75) is 44.9 Å². The maximum absolute atomic E-state index is 11.3. The zero-order valence-corrected chi connectivity index (χ0v) is 9.46. The summed E-state index contributed by atoms with van der Waals surface area (Å²) >= 11 is 0. The van der Waals surface area contributed by atoms with E-state index in [-0.39, 0.29) is 16.5 Å². The van der Waals surface area contributed by atoms with Crippen LogP contribution in [0.3, 0.4) is 0 Å². The van der Waals surface area contributed by atoms with Crippen molar-refractivity contribution in [3.63, 3.8) is 0 Å². The number of rotatable bonds is 0. The van der Waals surface area contributed by atoms with Gasteiger partial charge in [-0.15, -0.1) is 0 Å². The highest BCUT2D eigenvalue weighted by atomic mass is 16.4. The smallest absolute Gasteiger partial charge is 0.335 e. The van der Waals surface area contributed by atoms with Crippen molar-refractivity contribution in [1.29, 1.82) is 0 Å². The van der Waals surface area contributed by atoms with E-state index in [9.17, 15) is 4.79 Å². The molecular weight excluding hydrogens is 188 g/mol. The molecule has 2 bridgehead atoms. The molecule has 1 aromatic heterocycles. The van der Waals surface area contributed by atoms with E-state index in [4.69, 9.17) is 4.42 Å². The van der Waals surface area contributed by atoms with Gasteiger partial charge in [0.1, 0.15) is 5.76 Å². The predicted molar refractivity (Wildman–Crippen MR) is 58.1 cm³/mol. The Morgan fingerprint density at radius 1 is 1.33 bits per heavy atom. The van der Waals surface area contributed by atoms with Crippen LogP contribution in [0.2, 0.25) is 0 Å². The van der Waals surface area contributed by atoms with Gasteiger partial charge in [0, 0.05) is 11.5 Å². The van der Waals surface area contributed by atoms with E-state index < -0.39 is 0 Å². The van der Waals surface area contributed by atoms with Gasteiger partial charge in [0.2, 0.25) is 0 Å². The van der Waals surface area contributed by atoms with E-state index in [1.165, 1.54) is 12.0 Å². The zero-order chi connectivity index (χ0) is 10.8. The Balaban J connectivity index is 2.34. The van der Waals surface area contributed by atoms with Gasteiger partial charge in [-0.25, -0.2) is 4.79 Å². The van der Waals surface area contributed by atoms with E-state index in [1.54, 1.807) is 6.07 Å². The predicted octanol–water partition coefficient (Wildman–Crippen LogP) is 2.81. The van der Waals surface area contributed by atoms with Crippen LogP contribution in [0.1, 0.15) is 50.9 Å². The highest BCUT2D eigenvalue weighted by molar-refractivity contribution is 5.42. The van der Waals surface area contributed by atoms with Crippen molar-refractivity contribution >= 4 is 0 Å². The van der Waals surface area contributed by atoms with Crippen LogP contribution in [0.5, 0.6) is 0 Å². The molecule has 1 fully saturated rings. The van der Waals surface area contributed by atoms with Gasteiger partial charge >= 0.3 is 5.63 Å². The summed E-state index contributed by atoms with van der Waals surface area (Å²) in [6.07, 6.45) is 2.37. The highest BCUT2D eigenvalue weighted by Crippen LogP contribution is 2.67. The molecule has 80 valence electrons. The van der Waals surface area contributed by atoms with Crippen molar-refractivity contribution in [2.24, 2.45) is 5.41 Å². The Labute approximate surface area is 89.3 Å². The topological polar surface area (TPSA) is 30.2 Å². The van der Waals surface area contributed by atoms with Crippen LogP contribution in [-0.2, 0) is 5.41 Å². The lowest BCUT2D eigenvalue weighted by molar-refractivity contribution is 0.201. The second-order valence-electron chi connectivity index (χ2n) is 5.68. The molecule has 0 aromatic carbocycles. The molecule has 3 rings (SSSR count). The molecule has 0 saturated heterocycles. The standard InChI is InChI=1S/C13H16O2/c1-12(2)9-6-7-13(12,3)11-8(9)4-5-10(14)15-11/h4-5,9H,6-7H2,1-3H3/t9-,13+/m1/s1. The van der Waals surface area contributed by atoms with Crippen molar-refractivity contribution in [3.8, 4) is 0 Å². The lowest BCUT2D eigenvalue weighted by atomic mass is 9.70. The first-order valence-electron chi connectivity index (χ1n) is 5.61. The van der Waals surface area contributed by atoms with Gasteiger partial charge < -0.3 is 4.42 Å². The molecule has 0 aliphatic heterocycles. The first-order chi connectivity index (χ1) is 6.97. The summed E-state index contributed by atoms with van der Waals surface area (Å²) < 4.78 is 5.44. The van der Waals surface area contributed by atoms with Crippen LogP contribution in [0, 0.1) is 5.41 Å². The molecule has 0 radical (unpaired) electrons. The number of hydrogen-bond acceptors (Lipinski definition) is 2. The third kappa shape index (κ3) is 0.842. The normalized spacial score (nSPS) is 35.5. The summed E-state index contributed by atoms with van der Waals surface area (Å²) in [5, 5.41) is 0. The molecule has 2 aliphatic carbocycles. The van der Waals surface area contributed by atoms with Crippen LogP contribution in [0.4, 0.5) is 0 Å². The highest BCUT2D eigenvalue weighted by Gasteiger charge is 2.61. The Bertz CT molecular complexity index is 484. The van der Waals surface area contributed by atoms with Gasteiger partial charge in [-0.2, -0.15) is 0 Å². The molecule has 0 N–H and O–H groups in total. The van der Waals surface area contributed by atoms with Gasteiger partial charge in [-0.05, 0) is 35.8 Å². The molecule has 2 atom stereocenters. The zero-order valence-electron chi connectivity index (χ0n) is 9.46. The molecular formula is C13H16O2. The van der Waals surface area contributed by atoms with Crippen LogP contribution in [0.15, 0.2) is 21.3 Å². The van der Waals surface area contributed by atoms with Crippen LogP contribution < -0.4 is 5.63 Å². The van der Waals surface area contributed by atoms with E-state index in [0.717, 1.165) is 12.2 Å². The van der Waals surface area contributed by atoms with Crippen molar-refractivity contribution in [1.82, 2.24) is 0 Å². The Morgan fingerprint density at radius 2 is 2.07 bits per heavy atom. The molecule has 0 amide bonds. The fourth-order valence-electron chi connectivity index (χ4n) is 3.58. The minimum atomic E-state index is -0.210. The molecule has 0 spiro atoms. The molecule has 2 nitrogen and oxygen atoms in total. The van der Waals surface area contributed by atoms with E-state index in [2.05, 4.69) is 20.8 Å². The molecule has 1 heterocycles. The molecule has 1 saturated carbocycles. The van der Waals surface area contributed by atoms with Crippen molar-refractivity contribution in [3.05, 3.63) is 33.9 Å². The second-order valence-corrected chi connectivity index (χ2v) is 5.68. The van der Waals surface area contributed by atoms with Crippen LogP contribution in [-0.4, -0.2) is 0 Å². The summed E-state index contributed by atoms with van der Waals surface area (Å²) in [6.45, 7) is 6.83. The molecule has 1 aromatic rings. The number of fused-ring (bicyclic) bond motifs is 5. The van der Waals surface area contributed by atoms with Gasteiger partial charge in [-0.3, -0.25) is 0 Å². The van der Waals surface area contributed by atoms with E-state index in [0.29, 0.717) is 5.92 Å². The van der Waals surface area contributed by atoms with Crippen molar-refractivity contribution < 1.29 is 4.42 Å². The average molecular weight is 204 g/mol. The summed E-state index contributed by atoms with van der Waals surface area (Å²) in [4.78, 5) is 11.3. The Morgan fingerprint density at radius 3 is 2.80 bits per heavy atom. The van der Waals surface area contributed by atoms with Gasteiger partial charge in [0.15, 0.2) is 0 Å². The third-order valence-corrected chi connectivity index (χ3v) is 4.97. The molecule has 2 aliphatic rings. The first kappa shape index (κ1) is 9.20. The van der Waals surface area contributed by atoms with E-state index in [1.807, 2.05) is 6.07 Å². The average Bonchev–Trinajstić information content (AvgIpc) is 2.48. The minimum Gasteiger partial charge on any atom is -0.427 e. The van der Waals surface area contributed by atoms with Crippen LogP contribution in [0.25, 0.3) is 0 Å². The summed E-state index contributed by atoms with van der Waals surface area (Å²) in [5.74, 6) is 1.53. The van der Waals surface area contributed by atoms with E-state index >= 15 is 0 Å². The second kappa shape index (κ2) is 2.37. The fraction of sp³-hybridized carbons (Fsp3) is 0.615. The van der Waals surface area contributed by atoms with Crippen LogP contribution >= 0.6 is 0 Å². The fourth-order valence-corrected chi connectivity index (χ4v) is 3.58. The molecule has 15 heavy (non-hydrogen) atoms. The Kier molecular flexibility index (Phi) is 1.45. The maximum atomic E-state index is 11.3. The SMILES string of the molecule is CC1(C)[C@@H]2CC[C@@]1(C)c1oc(=O)ccc12. The third-order valence-electron chi connectivity index (χ3n) is 4.97. The number of hydrogen-bond donors (Lipinski definition) is 0. The Hall–Kier alpha value is -1.05. The van der Waals surface area contributed by atoms with Gasteiger partial charge in [0.25, 0.3) is 0 Å². The first-order valence-corrected chi connectivity index (χ1v) is 5.61. The quantitative estimate of drug-likeness (QED) is 0.650. The lowest BCUT2D eigenvalue weighted by Crippen LogP contribution is -2.31.